The second-order valence-corrected chi connectivity index (χ2v) is 7.45. The maximum atomic E-state index is 12.4. The zero-order valence-corrected chi connectivity index (χ0v) is 16.2. The minimum Gasteiger partial charge on any atom is -0.494 e. The molecule has 3 rings (SSSR count). The zero-order chi connectivity index (χ0) is 19.4. The van der Waals surface area contributed by atoms with Crippen LogP contribution in [0.25, 0.3) is 0 Å². The van der Waals surface area contributed by atoms with Crippen LogP contribution in [0.1, 0.15) is 17.5 Å². The first-order chi connectivity index (χ1) is 13.0. The number of methoxy groups -OCH3 is 1. The minimum atomic E-state index is -0.511. The van der Waals surface area contributed by atoms with E-state index in [-0.39, 0.29) is 18.2 Å². The summed E-state index contributed by atoms with van der Waals surface area (Å²) in [6.45, 7) is 3.90. The van der Waals surface area contributed by atoms with Gasteiger partial charge in [0.1, 0.15) is 16.7 Å². The van der Waals surface area contributed by atoms with Gasteiger partial charge in [0.2, 0.25) is 11.8 Å². The molecule has 0 saturated carbocycles. The molecule has 1 atom stereocenters. The van der Waals surface area contributed by atoms with E-state index >= 15 is 0 Å². The molecule has 0 aromatic heterocycles. The molecule has 1 saturated heterocycles. The summed E-state index contributed by atoms with van der Waals surface area (Å²) in [6, 6.07) is 13.2. The fourth-order valence-corrected chi connectivity index (χ4v) is 3.64. The lowest BCUT2D eigenvalue weighted by Gasteiger charge is -2.10. The topological polar surface area (TPSA) is 79.8 Å². The summed E-state index contributed by atoms with van der Waals surface area (Å²) in [5.74, 6) is 0.204. The fraction of sp³-hybridized carbons (Fsp3) is 0.250. The van der Waals surface area contributed by atoms with Crippen LogP contribution in [0.15, 0.2) is 47.5 Å². The number of thioether (sulfide) groups is 1. The molecule has 0 unspecified atom stereocenters. The van der Waals surface area contributed by atoms with Gasteiger partial charge in [-0.15, -0.1) is 0 Å². The van der Waals surface area contributed by atoms with Crippen molar-refractivity contribution < 1.29 is 14.3 Å². The van der Waals surface area contributed by atoms with Crippen LogP contribution in [-0.4, -0.2) is 29.3 Å². The standard InChI is InChI=1S/C20H21N3O3S/c1-12-8-9-13(2)15(10-12)21-18(24)11-17-19(25)23-20(27-17)22-14-6-4-5-7-16(14)26-3/h4-10,17H,11H2,1-3H3,(H,21,24)(H,22,23,25)/t17-/m0/s1. The van der Waals surface area contributed by atoms with Gasteiger partial charge in [-0.05, 0) is 43.2 Å². The Bertz CT molecular complexity index is 911. The number of nitrogens with one attached hydrogen (secondary N) is 2. The number of rotatable bonds is 5. The Hall–Kier alpha value is -2.80. The van der Waals surface area contributed by atoms with E-state index in [1.165, 1.54) is 11.8 Å². The van der Waals surface area contributed by atoms with Gasteiger partial charge in [0.15, 0.2) is 5.17 Å². The summed E-state index contributed by atoms with van der Waals surface area (Å²) in [4.78, 5) is 29.0. The van der Waals surface area contributed by atoms with Crippen molar-refractivity contribution >= 4 is 40.1 Å². The van der Waals surface area contributed by atoms with Crippen molar-refractivity contribution in [3.05, 3.63) is 53.6 Å². The monoisotopic (exact) mass is 383 g/mol. The van der Waals surface area contributed by atoms with Crippen LogP contribution in [-0.2, 0) is 9.59 Å². The van der Waals surface area contributed by atoms with Crippen LogP contribution in [0.2, 0.25) is 0 Å². The van der Waals surface area contributed by atoms with Crippen LogP contribution in [0.4, 0.5) is 11.4 Å². The molecule has 0 radical (unpaired) electrons. The van der Waals surface area contributed by atoms with Gasteiger partial charge in [0.25, 0.3) is 0 Å². The Labute approximate surface area is 162 Å². The Balaban J connectivity index is 1.66. The van der Waals surface area contributed by atoms with E-state index in [9.17, 15) is 9.59 Å². The Morgan fingerprint density at radius 2 is 2.04 bits per heavy atom. The quantitative estimate of drug-likeness (QED) is 0.827. The molecular formula is C20H21N3O3S. The van der Waals surface area contributed by atoms with Gasteiger partial charge in [-0.2, -0.15) is 0 Å². The molecule has 1 fully saturated rings. The molecule has 6 nitrogen and oxygen atoms in total. The van der Waals surface area contributed by atoms with Crippen molar-refractivity contribution in [2.75, 3.05) is 12.4 Å². The SMILES string of the molecule is COc1ccccc1N=C1NC(=O)[C@H](CC(=O)Nc2cc(C)ccc2C)S1. The smallest absolute Gasteiger partial charge is 0.240 e. The lowest BCUT2D eigenvalue weighted by Crippen LogP contribution is -2.28. The number of nitrogens with zero attached hydrogens (tertiary/aromatic N) is 1. The molecule has 0 spiro atoms. The van der Waals surface area contributed by atoms with Crippen molar-refractivity contribution in [2.45, 2.75) is 25.5 Å². The highest BCUT2D eigenvalue weighted by atomic mass is 32.2. The second-order valence-electron chi connectivity index (χ2n) is 6.26. The average molecular weight is 383 g/mol. The second kappa shape index (κ2) is 8.26. The number of amidine groups is 1. The molecule has 2 amide bonds. The molecule has 0 bridgehead atoms. The summed E-state index contributed by atoms with van der Waals surface area (Å²) in [7, 11) is 1.57. The van der Waals surface area contributed by atoms with Gasteiger partial charge in [-0.25, -0.2) is 4.99 Å². The van der Waals surface area contributed by atoms with E-state index in [0.717, 1.165) is 16.8 Å². The number of aliphatic imine (C=N–C) groups is 1. The number of para-hydroxylation sites is 2. The molecule has 27 heavy (non-hydrogen) atoms. The van der Waals surface area contributed by atoms with Crippen molar-refractivity contribution in [1.29, 1.82) is 0 Å². The number of carbonyl (C=O) groups excluding carboxylic acids is 2. The first-order valence-electron chi connectivity index (χ1n) is 8.52. The van der Waals surface area contributed by atoms with E-state index < -0.39 is 5.25 Å². The minimum absolute atomic E-state index is 0.0782. The first kappa shape index (κ1) is 19.0. The number of amides is 2. The highest BCUT2D eigenvalue weighted by Gasteiger charge is 2.32. The van der Waals surface area contributed by atoms with Crippen molar-refractivity contribution in [3.8, 4) is 5.75 Å². The number of hydrogen-bond donors (Lipinski definition) is 2. The van der Waals surface area contributed by atoms with Gasteiger partial charge < -0.3 is 15.4 Å². The summed E-state index contributed by atoms with van der Waals surface area (Å²) in [5.41, 5.74) is 3.45. The Kier molecular flexibility index (Phi) is 5.81. The molecule has 0 aliphatic carbocycles. The van der Waals surface area contributed by atoms with E-state index in [1.54, 1.807) is 19.2 Å². The average Bonchev–Trinajstić information content (AvgIpc) is 2.97. The Morgan fingerprint density at radius 1 is 1.26 bits per heavy atom. The lowest BCUT2D eigenvalue weighted by atomic mass is 10.1. The number of carbonyl (C=O) groups is 2. The van der Waals surface area contributed by atoms with E-state index in [1.807, 2.05) is 44.2 Å². The summed E-state index contributed by atoms with van der Waals surface area (Å²) < 4.78 is 5.27. The molecule has 1 aliphatic heterocycles. The Morgan fingerprint density at radius 3 is 2.81 bits per heavy atom. The third-order valence-corrected chi connectivity index (χ3v) is 5.20. The summed E-state index contributed by atoms with van der Waals surface area (Å²) >= 11 is 1.25. The van der Waals surface area contributed by atoms with Gasteiger partial charge in [0.05, 0.1) is 7.11 Å². The predicted octanol–water partition coefficient (Wildman–Crippen LogP) is 3.56. The number of aryl methyl sites for hydroxylation is 2. The molecule has 7 heteroatoms. The van der Waals surface area contributed by atoms with E-state index in [0.29, 0.717) is 16.6 Å². The van der Waals surface area contributed by atoms with Gasteiger partial charge in [-0.1, -0.05) is 36.0 Å². The molecular weight excluding hydrogens is 362 g/mol. The first-order valence-corrected chi connectivity index (χ1v) is 9.40. The highest BCUT2D eigenvalue weighted by Crippen LogP contribution is 2.30. The molecule has 2 N–H and O–H groups in total. The van der Waals surface area contributed by atoms with Crippen molar-refractivity contribution in [1.82, 2.24) is 5.32 Å². The zero-order valence-electron chi connectivity index (χ0n) is 15.4. The van der Waals surface area contributed by atoms with Crippen LogP contribution in [0.3, 0.4) is 0 Å². The summed E-state index contributed by atoms with van der Waals surface area (Å²) in [5, 5.41) is 5.58. The largest absolute Gasteiger partial charge is 0.494 e. The maximum Gasteiger partial charge on any atom is 0.240 e. The number of ether oxygens (including phenoxy) is 1. The molecule has 140 valence electrons. The van der Waals surface area contributed by atoms with E-state index in [4.69, 9.17) is 4.74 Å². The molecule has 1 heterocycles. The van der Waals surface area contributed by atoms with Crippen LogP contribution in [0.5, 0.6) is 5.75 Å². The van der Waals surface area contributed by atoms with Crippen molar-refractivity contribution in [3.63, 3.8) is 0 Å². The fourth-order valence-electron chi connectivity index (χ4n) is 2.66. The van der Waals surface area contributed by atoms with E-state index in [2.05, 4.69) is 15.6 Å². The summed E-state index contributed by atoms with van der Waals surface area (Å²) in [6.07, 6.45) is 0.0782. The lowest BCUT2D eigenvalue weighted by molar-refractivity contribution is -0.122. The number of hydrogen-bond acceptors (Lipinski definition) is 5. The van der Waals surface area contributed by atoms with Gasteiger partial charge in [-0.3, -0.25) is 9.59 Å². The molecule has 1 aliphatic rings. The van der Waals surface area contributed by atoms with Crippen molar-refractivity contribution in [2.24, 2.45) is 4.99 Å². The molecule has 2 aromatic carbocycles. The third-order valence-electron chi connectivity index (χ3n) is 4.12. The van der Waals surface area contributed by atoms with Gasteiger partial charge in [0, 0.05) is 12.1 Å². The number of benzene rings is 2. The van der Waals surface area contributed by atoms with Gasteiger partial charge >= 0.3 is 0 Å². The predicted molar refractivity (Wildman–Crippen MR) is 109 cm³/mol. The van der Waals surface area contributed by atoms with Crippen LogP contribution in [0, 0.1) is 13.8 Å². The molecule has 2 aromatic rings. The third kappa shape index (κ3) is 4.68. The maximum absolute atomic E-state index is 12.4. The number of anilines is 1. The van der Waals surface area contributed by atoms with Crippen LogP contribution >= 0.6 is 11.8 Å². The highest BCUT2D eigenvalue weighted by molar-refractivity contribution is 8.15. The van der Waals surface area contributed by atoms with Crippen LogP contribution < -0.4 is 15.4 Å². The normalized spacial score (nSPS) is 17.7.